The second kappa shape index (κ2) is 6.87. The molecule has 0 spiro atoms. The number of amides is 1. The lowest BCUT2D eigenvalue weighted by Crippen LogP contribution is -2.37. The molecule has 4 nitrogen and oxygen atoms in total. The van der Waals surface area contributed by atoms with E-state index in [9.17, 15) is 9.18 Å². The molecule has 1 heterocycles. The molecule has 0 saturated heterocycles. The van der Waals surface area contributed by atoms with Gasteiger partial charge in [-0.2, -0.15) is 0 Å². The first-order valence-corrected chi connectivity index (χ1v) is 7.65. The number of rotatable bonds is 6. The van der Waals surface area contributed by atoms with Crippen molar-refractivity contribution in [2.45, 2.75) is 25.8 Å². The van der Waals surface area contributed by atoms with E-state index < -0.39 is 0 Å². The molecular formula is C15H19FN2O2S. The fourth-order valence-electron chi connectivity index (χ4n) is 2.26. The highest BCUT2D eigenvalue weighted by atomic mass is 32.1. The fraction of sp³-hybridized carbons (Fsp3) is 0.400. The van der Waals surface area contributed by atoms with Crippen LogP contribution in [0.1, 0.15) is 29.4 Å². The molecule has 114 valence electrons. The number of nitrogens with one attached hydrogen (secondary N) is 1. The van der Waals surface area contributed by atoms with Crippen LogP contribution in [0.15, 0.2) is 18.2 Å². The van der Waals surface area contributed by atoms with Crippen molar-refractivity contribution < 1.29 is 13.9 Å². The highest BCUT2D eigenvalue weighted by Gasteiger charge is 2.19. The summed E-state index contributed by atoms with van der Waals surface area (Å²) in [5.41, 5.74) is 6.32. The molecular weight excluding hydrogens is 291 g/mol. The molecule has 1 atom stereocenters. The maximum Gasteiger partial charge on any atom is 0.263 e. The number of nitrogens with two attached hydrogens (primary N) is 1. The van der Waals surface area contributed by atoms with Gasteiger partial charge >= 0.3 is 0 Å². The Morgan fingerprint density at radius 2 is 2.29 bits per heavy atom. The molecule has 0 aliphatic carbocycles. The summed E-state index contributed by atoms with van der Waals surface area (Å²) in [5.74, 6) is -0.591. The second-order valence-electron chi connectivity index (χ2n) is 4.90. The number of hydrogen-bond acceptors (Lipinski definition) is 4. The van der Waals surface area contributed by atoms with E-state index in [-0.39, 0.29) is 17.8 Å². The topological polar surface area (TPSA) is 64.3 Å². The summed E-state index contributed by atoms with van der Waals surface area (Å²) in [6.45, 7) is 2.50. The van der Waals surface area contributed by atoms with Crippen LogP contribution in [0.25, 0.3) is 10.1 Å². The van der Waals surface area contributed by atoms with E-state index in [0.717, 1.165) is 17.5 Å². The van der Waals surface area contributed by atoms with E-state index in [0.29, 0.717) is 22.6 Å². The Labute approximate surface area is 127 Å². The number of benzene rings is 1. The standard InChI is InChI=1S/C15H19FN2O2S/c1-3-4-10(8-20-2)18-15(19)14-13(17)11-7-9(16)5-6-12(11)21-14/h5-7,10H,3-4,8,17H2,1-2H3,(H,18,19). The molecule has 1 aromatic carbocycles. The van der Waals surface area contributed by atoms with Gasteiger partial charge in [0.2, 0.25) is 0 Å². The van der Waals surface area contributed by atoms with Gasteiger partial charge in [0.05, 0.1) is 18.3 Å². The van der Waals surface area contributed by atoms with Crippen molar-refractivity contribution in [3.8, 4) is 0 Å². The second-order valence-corrected chi connectivity index (χ2v) is 5.95. The SMILES string of the molecule is CCCC(COC)NC(=O)c1sc2ccc(F)cc2c1N. The van der Waals surface area contributed by atoms with Crippen LogP contribution in [0.4, 0.5) is 10.1 Å². The van der Waals surface area contributed by atoms with Crippen LogP contribution in [-0.2, 0) is 4.74 Å². The zero-order valence-corrected chi connectivity index (χ0v) is 12.9. The number of methoxy groups -OCH3 is 1. The summed E-state index contributed by atoms with van der Waals surface area (Å²) < 4.78 is 19.2. The predicted molar refractivity (Wildman–Crippen MR) is 84.2 cm³/mol. The Balaban J connectivity index is 2.24. The molecule has 3 N–H and O–H groups in total. The molecule has 0 aliphatic rings. The number of hydrogen-bond donors (Lipinski definition) is 2. The molecule has 2 rings (SSSR count). The van der Waals surface area contributed by atoms with Gasteiger partial charge in [0.25, 0.3) is 5.91 Å². The third kappa shape index (κ3) is 3.51. The third-order valence-corrected chi connectivity index (χ3v) is 4.42. The lowest BCUT2D eigenvalue weighted by molar-refractivity contribution is 0.0896. The third-order valence-electron chi connectivity index (χ3n) is 3.23. The summed E-state index contributed by atoms with van der Waals surface area (Å²) >= 11 is 1.27. The van der Waals surface area contributed by atoms with Gasteiger partial charge in [-0.25, -0.2) is 4.39 Å². The van der Waals surface area contributed by atoms with Gasteiger partial charge in [-0.3, -0.25) is 4.79 Å². The Morgan fingerprint density at radius 1 is 1.52 bits per heavy atom. The molecule has 6 heteroatoms. The van der Waals surface area contributed by atoms with Crippen molar-refractivity contribution in [3.63, 3.8) is 0 Å². The van der Waals surface area contributed by atoms with Crippen molar-refractivity contribution >= 4 is 33.0 Å². The van der Waals surface area contributed by atoms with Crippen molar-refractivity contribution in [3.05, 3.63) is 28.9 Å². The van der Waals surface area contributed by atoms with E-state index >= 15 is 0 Å². The zero-order chi connectivity index (χ0) is 15.4. The van der Waals surface area contributed by atoms with Crippen LogP contribution in [0, 0.1) is 5.82 Å². The summed E-state index contributed by atoms with van der Waals surface area (Å²) in [4.78, 5) is 12.8. The maximum absolute atomic E-state index is 13.3. The van der Waals surface area contributed by atoms with Crippen LogP contribution >= 0.6 is 11.3 Å². The number of halogens is 1. The molecule has 1 unspecified atom stereocenters. The van der Waals surface area contributed by atoms with E-state index in [2.05, 4.69) is 5.32 Å². The van der Waals surface area contributed by atoms with Crippen LogP contribution in [0.5, 0.6) is 0 Å². The van der Waals surface area contributed by atoms with Gasteiger partial charge < -0.3 is 15.8 Å². The van der Waals surface area contributed by atoms with Gasteiger partial charge in [-0.15, -0.1) is 11.3 Å². The molecule has 1 aromatic heterocycles. The smallest absolute Gasteiger partial charge is 0.263 e. The Kier molecular flexibility index (Phi) is 5.14. The number of thiophene rings is 1. The lowest BCUT2D eigenvalue weighted by Gasteiger charge is -2.16. The molecule has 21 heavy (non-hydrogen) atoms. The van der Waals surface area contributed by atoms with Gasteiger partial charge in [-0.1, -0.05) is 13.3 Å². The minimum absolute atomic E-state index is 0.0474. The van der Waals surface area contributed by atoms with Crippen LogP contribution in [0.2, 0.25) is 0 Å². The predicted octanol–water partition coefficient (Wildman–Crippen LogP) is 3.17. The van der Waals surface area contributed by atoms with Crippen molar-refractivity contribution in [1.29, 1.82) is 0 Å². The molecule has 0 radical (unpaired) electrons. The van der Waals surface area contributed by atoms with E-state index in [1.165, 1.54) is 23.5 Å². The summed E-state index contributed by atoms with van der Waals surface area (Å²) in [6.07, 6.45) is 1.78. The number of carbonyl (C=O) groups is 1. The summed E-state index contributed by atoms with van der Waals surface area (Å²) in [7, 11) is 1.60. The quantitative estimate of drug-likeness (QED) is 0.861. The monoisotopic (exact) mass is 310 g/mol. The average molecular weight is 310 g/mol. The lowest BCUT2D eigenvalue weighted by atomic mass is 10.1. The first-order chi connectivity index (χ1) is 10.1. The molecule has 0 aliphatic heterocycles. The van der Waals surface area contributed by atoms with E-state index in [4.69, 9.17) is 10.5 Å². The number of anilines is 1. The van der Waals surface area contributed by atoms with Gasteiger partial charge in [-0.05, 0) is 24.6 Å². The van der Waals surface area contributed by atoms with Crippen LogP contribution in [-0.4, -0.2) is 25.7 Å². The van der Waals surface area contributed by atoms with Gasteiger partial charge in [0, 0.05) is 17.2 Å². The van der Waals surface area contributed by atoms with Crippen LogP contribution in [0.3, 0.4) is 0 Å². The number of ether oxygens (including phenoxy) is 1. The molecule has 0 fully saturated rings. The van der Waals surface area contributed by atoms with E-state index in [1.807, 2.05) is 6.92 Å². The maximum atomic E-state index is 13.3. The molecule has 2 aromatic rings. The van der Waals surface area contributed by atoms with Crippen LogP contribution < -0.4 is 11.1 Å². The first-order valence-electron chi connectivity index (χ1n) is 6.84. The Morgan fingerprint density at radius 3 is 2.95 bits per heavy atom. The number of fused-ring (bicyclic) bond motifs is 1. The normalized spacial score (nSPS) is 12.5. The number of carbonyl (C=O) groups excluding carboxylic acids is 1. The minimum atomic E-state index is -0.359. The largest absolute Gasteiger partial charge is 0.397 e. The first kappa shape index (κ1) is 15.7. The molecule has 1 amide bonds. The Hall–Kier alpha value is -1.66. The molecule has 0 saturated carbocycles. The van der Waals surface area contributed by atoms with Crippen molar-refractivity contribution in [2.75, 3.05) is 19.5 Å². The number of nitrogen functional groups attached to an aromatic ring is 1. The Bertz CT molecular complexity index is 636. The fourth-order valence-corrected chi connectivity index (χ4v) is 3.26. The van der Waals surface area contributed by atoms with E-state index in [1.54, 1.807) is 13.2 Å². The average Bonchev–Trinajstić information content (AvgIpc) is 2.77. The zero-order valence-electron chi connectivity index (χ0n) is 12.1. The van der Waals surface area contributed by atoms with Gasteiger partial charge in [0.15, 0.2) is 0 Å². The highest BCUT2D eigenvalue weighted by molar-refractivity contribution is 7.21. The van der Waals surface area contributed by atoms with Crippen molar-refractivity contribution in [1.82, 2.24) is 5.32 Å². The molecule has 0 bridgehead atoms. The summed E-state index contributed by atoms with van der Waals surface area (Å²) in [5, 5.41) is 3.51. The highest BCUT2D eigenvalue weighted by Crippen LogP contribution is 2.34. The van der Waals surface area contributed by atoms with Gasteiger partial charge in [0.1, 0.15) is 10.7 Å². The van der Waals surface area contributed by atoms with Crippen molar-refractivity contribution in [2.24, 2.45) is 0 Å². The minimum Gasteiger partial charge on any atom is -0.397 e. The summed E-state index contributed by atoms with van der Waals surface area (Å²) in [6, 6.07) is 4.32.